The van der Waals surface area contributed by atoms with Crippen molar-refractivity contribution in [2.75, 3.05) is 0 Å². The summed E-state index contributed by atoms with van der Waals surface area (Å²) in [6, 6.07) is 5.37. The monoisotopic (exact) mass is 262 g/mol. The molecule has 3 nitrogen and oxygen atoms in total. The fraction of sp³-hybridized carbons (Fsp3) is 0.286. The Morgan fingerprint density at radius 2 is 1.94 bits per heavy atom. The van der Waals surface area contributed by atoms with Gasteiger partial charge in [-0.1, -0.05) is 23.7 Å². The minimum absolute atomic E-state index is 0.0278. The smallest absolute Gasteiger partial charge is 0.196 e. The van der Waals surface area contributed by atoms with Crippen LogP contribution in [0.4, 0.5) is 0 Å². The minimum Gasteiger partial charge on any atom is -0.288 e. The molecule has 2 rings (SSSR count). The predicted octanol–water partition coefficient (Wildman–Crippen LogP) is 3.23. The number of nitrogens with zero attached hydrogens (tertiary/aromatic N) is 2. The summed E-state index contributed by atoms with van der Waals surface area (Å²) in [6.45, 7) is 5.65. The molecular formula is C14H15ClN2O. The van der Waals surface area contributed by atoms with Crippen LogP contribution in [-0.4, -0.2) is 15.6 Å². The third kappa shape index (κ3) is 2.06. The summed E-state index contributed by atoms with van der Waals surface area (Å²) in [5, 5.41) is 4.87. The number of benzene rings is 1. The third-order valence-corrected chi connectivity index (χ3v) is 3.58. The lowest BCUT2D eigenvalue weighted by molar-refractivity contribution is 0.103. The van der Waals surface area contributed by atoms with E-state index in [-0.39, 0.29) is 5.78 Å². The van der Waals surface area contributed by atoms with Gasteiger partial charge in [0.05, 0.1) is 11.3 Å². The fourth-order valence-electron chi connectivity index (χ4n) is 1.98. The van der Waals surface area contributed by atoms with Gasteiger partial charge in [0, 0.05) is 23.3 Å². The highest BCUT2D eigenvalue weighted by Crippen LogP contribution is 2.21. The van der Waals surface area contributed by atoms with Gasteiger partial charge in [-0.25, -0.2) is 0 Å². The van der Waals surface area contributed by atoms with Gasteiger partial charge in [-0.15, -0.1) is 0 Å². The molecule has 18 heavy (non-hydrogen) atoms. The van der Waals surface area contributed by atoms with Gasteiger partial charge in [-0.3, -0.25) is 9.48 Å². The van der Waals surface area contributed by atoms with Crippen molar-refractivity contribution in [1.29, 1.82) is 0 Å². The second-order valence-electron chi connectivity index (χ2n) is 4.46. The van der Waals surface area contributed by atoms with Gasteiger partial charge < -0.3 is 0 Å². The summed E-state index contributed by atoms with van der Waals surface area (Å²) in [6.07, 6.45) is 0. The Labute approximate surface area is 111 Å². The van der Waals surface area contributed by atoms with E-state index in [1.54, 1.807) is 16.8 Å². The minimum atomic E-state index is -0.0278. The molecule has 1 heterocycles. The van der Waals surface area contributed by atoms with Crippen molar-refractivity contribution in [3.8, 4) is 0 Å². The summed E-state index contributed by atoms with van der Waals surface area (Å²) in [7, 11) is 1.83. The number of ketones is 1. The molecule has 0 fully saturated rings. The molecule has 4 heteroatoms. The van der Waals surface area contributed by atoms with E-state index in [4.69, 9.17) is 11.6 Å². The molecule has 0 unspecified atom stereocenters. The second-order valence-corrected chi connectivity index (χ2v) is 4.87. The average molecular weight is 263 g/mol. The third-order valence-electron chi connectivity index (χ3n) is 3.17. The van der Waals surface area contributed by atoms with Crippen LogP contribution in [0.25, 0.3) is 0 Å². The highest BCUT2D eigenvalue weighted by molar-refractivity contribution is 6.32. The largest absolute Gasteiger partial charge is 0.288 e. The van der Waals surface area contributed by atoms with Gasteiger partial charge in [-0.05, 0) is 32.4 Å². The average Bonchev–Trinajstić information content (AvgIpc) is 2.56. The lowest BCUT2D eigenvalue weighted by Gasteiger charge is -2.04. The zero-order valence-electron chi connectivity index (χ0n) is 10.9. The number of aryl methyl sites for hydroxylation is 3. The van der Waals surface area contributed by atoms with Crippen LogP contribution in [-0.2, 0) is 7.05 Å². The van der Waals surface area contributed by atoms with Crippen LogP contribution in [0.1, 0.15) is 32.9 Å². The van der Waals surface area contributed by atoms with Crippen molar-refractivity contribution in [3.05, 3.63) is 51.3 Å². The Morgan fingerprint density at radius 3 is 2.44 bits per heavy atom. The summed E-state index contributed by atoms with van der Waals surface area (Å²) < 4.78 is 1.72. The maximum Gasteiger partial charge on any atom is 0.196 e. The van der Waals surface area contributed by atoms with E-state index in [2.05, 4.69) is 5.10 Å². The molecule has 0 aliphatic rings. The molecule has 0 saturated heterocycles. The molecule has 1 aromatic heterocycles. The fourth-order valence-corrected chi connectivity index (χ4v) is 2.16. The second kappa shape index (κ2) is 4.58. The number of rotatable bonds is 2. The lowest BCUT2D eigenvalue weighted by atomic mass is 10.0. The SMILES string of the molecule is Cc1ccc(C(=O)c2c(C)nn(C)c2C)cc1Cl. The first-order chi connectivity index (χ1) is 8.41. The van der Waals surface area contributed by atoms with E-state index < -0.39 is 0 Å². The summed E-state index contributed by atoms with van der Waals surface area (Å²) >= 11 is 6.06. The molecule has 0 radical (unpaired) electrons. The van der Waals surface area contributed by atoms with Gasteiger partial charge in [0.2, 0.25) is 0 Å². The van der Waals surface area contributed by atoms with Crippen molar-refractivity contribution < 1.29 is 4.79 Å². The van der Waals surface area contributed by atoms with Crippen LogP contribution in [0.3, 0.4) is 0 Å². The maximum atomic E-state index is 12.5. The van der Waals surface area contributed by atoms with Gasteiger partial charge >= 0.3 is 0 Å². The van der Waals surface area contributed by atoms with Crippen molar-refractivity contribution in [3.63, 3.8) is 0 Å². The highest BCUT2D eigenvalue weighted by atomic mass is 35.5. The van der Waals surface area contributed by atoms with Crippen molar-refractivity contribution in [1.82, 2.24) is 9.78 Å². The number of carbonyl (C=O) groups excluding carboxylic acids is 1. The Morgan fingerprint density at radius 1 is 1.28 bits per heavy atom. The Hall–Kier alpha value is -1.61. The normalized spacial score (nSPS) is 10.7. The van der Waals surface area contributed by atoms with Gasteiger partial charge in [0.1, 0.15) is 0 Å². The Bertz CT molecular complexity index is 629. The maximum absolute atomic E-state index is 12.5. The van der Waals surface area contributed by atoms with E-state index in [0.717, 1.165) is 17.0 Å². The molecule has 0 spiro atoms. The molecule has 0 N–H and O–H groups in total. The number of aromatic nitrogens is 2. The van der Waals surface area contributed by atoms with Crippen LogP contribution in [0.2, 0.25) is 5.02 Å². The topological polar surface area (TPSA) is 34.9 Å². The molecule has 0 aliphatic heterocycles. The van der Waals surface area contributed by atoms with Crippen LogP contribution in [0, 0.1) is 20.8 Å². The standard InChI is InChI=1S/C14H15ClN2O/c1-8-5-6-11(7-12(8)15)14(18)13-9(2)16-17(4)10(13)3/h5-7H,1-4H3. The summed E-state index contributed by atoms with van der Waals surface area (Å²) in [5.74, 6) is -0.0278. The van der Waals surface area contributed by atoms with Gasteiger partial charge in [0.25, 0.3) is 0 Å². The van der Waals surface area contributed by atoms with E-state index in [9.17, 15) is 4.79 Å². The quantitative estimate of drug-likeness (QED) is 0.779. The molecule has 94 valence electrons. The number of halogens is 1. The number of hydrogen-bond acceptors (Lipinski definition) is 2. The van der Waals surface area contributed by atoms with Gasteiger partial charge in [-0.2, -0.15) is 5.10 Å². The first-order valence-corrected chi connectivity index (χ1v) is 6.10. The number of hydrogen-bond donors (Lipinski definition) is 0. The first kappa shape index (κ1) is 12.8. The van der Waals surface area contributed by atoms with Gasteiger partial charge in [0.15, 0.2) is 5.78 Å². The summed E-state index contributed by atoms with van der Waals surface area (Å²) in [4.78, 5) is 12.5. The molecule has 0 amide bonds. The van der Waals surface area contributed by atoms with Crippen molar-refractivity contribution in [2.24, 2.45) is 7.05 Å². The number of carbonyl (C=O) groups is 1. The van der Waals surface area contributed by atoms with Crippen LogP contribution >= 0.6 is 11.6 Å². The van der Waals surface area contributed by atoms with Crippen LogP contribution < -0.4 is 0 Å². The molecule has 0 atom stereocenters. The molecule has 1 aromatic carbocycles. The lowest BCUT2D eigenvalue weighted by Crippen LogP contribution is -2.05. The zero-order chi connectivity index (χ0) is 13.4. The Kier molecular flexibility index (Phi) is 3.26. The van der Waals surface area contributed by atoms with E-state index in [0.29, 0.717) is 16.1 Å². The Balaban J connectivity index is 2.51. The predicted molar refractivity (Wildman–Crippen MR) is 72.3 cm³/mol. The molecule has 0 saturated carbocycles. The zero-order valence-corrected chi connectivity index (χ0v) is 11.7. The van der Waals surface area contributed by atoms with E-state index >= 15 is 0 Å². The van der Waals surface area contributed by atoms with Crippen LogP contribution in [0.5, 0.6) is 0 Å². The van der Waals surface area contributed by atoms with E-state index in [1.807, 2.05) is 33.9 Å². The molecule has 0 aliphatic carbocycles. The van der Waals surface area contributed by atoms with Crippen molar-refractivity contribution >= 4 is 17.4 Å². The molecule has 2 aromatic rings. The molecular weight excluding hydrogens is 248 g/mol. The highest BCUT2D eigenvalue weighted by Gasteiger charge is 2.19. The van der Waals surface area contributed by atoms with Crippen LogP contribution in [0.15, 0.2) is 18.2 Å². The van der Waals surface area contributed by atoms with E-state index in [1.165, 1.54) is 0 Å². The first-order valence-electron chi connectivity index (χ1n) is 5.73. The molecule has 0 bridgehead atoms. The summed E-state index contributed by atoms with van der Waals surface area (Å²) in [5.41, 5.74) is 3.85. The van der Waals surface area contributed by atoms with Crippen molar-refractivity contribution in [2.45, 2.75) is 20.8 Å².